The number of hydrogen-bond acceptors (Lipinski definition) is 3. The normalized spacial score (nSPS) is 19.3. The molecule has 0 aromatic heterocycles. The average molecular weight is 305 g/mol. The van der Waals surface area contributed by atoms with Gasteiger partial charge in [-0.25, -0.2) is 4.39 Å². The van der Waals surface area contributed by atoms with Gasteiger partial charge in [-0.15, -0.1) is 0 Å². The minimum atomic E-state index is -1.07. The maximum absolute atomic E-state index is 14.2. The second-order valence-corrected chi connectivity index (χ2v) is 6.13. The van der Waals surface area contributed by atoms with Crippen molar-refractivity contribution in [3.8, 4) is 0 Å². The van der Waals surface area contributed by atoms with E-state index in [1.165, 1.54) is 6.92 Å². The monoisotopic (exact) mass is 305 g/mol. The molecular weight excluding hydrogens is 289 g/mol. The third-order valence-electron chi connectivity index (χ3n) is 4.70. The third-order valence-corrected chi connectivity index (χ3v) is 4.70. The lowest BCUT2D eigenvalue weighted by Crippen LogP contribution is -2.40. The third kappa shape index (κ3) is 2.01. The van der Waals surface area contributed by atoms with E-state index in [1.807, 2.05) is 0 Å². The van der Waals surface area contributed by atoms with E-state index in [0.29, 0.717) is 18.4 Å². The molecule has 1 fully saturated rings. The Kier molecular flexibility index (Phi) is 3.27. The Bertz CT molecular complexity index is 694. The Balaban J connectivity index is 1.99. The van der Waals surface area contributed by atoms with Gasteiger partial charge in [0, 0.05) is 11.5 Å². The van der Waals surface area contributed by atoms with Crippen molar-refractivity contribution >= 4 is 23.3 Å². The summed E-state index contributed by atoms with van der Waals surface area (Å²) in [5, 5.41) is 11.3. The van der Waals surface area contributed by atoms with Crippen LogP contribution in [0.4, 0.5) is 10.1 Å². The van der Waals surface area contributed by atoms with Crippen LogP contribution in [0.25, 0.3) is 0 Å². The first-order chi connectivity index (χ1) is 10.3. The fraction of sp³-hybridized carbons (Fsp3) is 0.438. The standard InChI is InChI=1S/C16H16FNO4/c1-8(5-12(19)20)14(21)9-6-10-13(11(17)7-9)18-15(22)16(10)3-2-4-16/h6-8H,2-5H2,1H3,(H,18,22)(H,19,20). The summed E-state index contributed by atoms with van der Waals surface area (Å²) in [5.74, 6) is -3.08. The highest BCUT2D eigenvalue weighted by molar-refractivity contribution is 6.08. The molecule has 116 valence electrons. The Labute approximate surface area is 126 Å². The Morgan fingerprint density at radius 1 is 1.41 bits per heavy atom. The molecule has 1 aliphatic carbocycles. The van der Waals surface area contributed by atoms with Crippen molar-refractivity contribution in [2.75, 3.05) is 5.32 Å². The van der Waals surface area contributed by atoms with Crippen LogP contribution < -0.4 is 5.32 Å². The van der Waals surface area contributed by atoms with Crippen LogP contribution in [0, 0.1) is 11.7 Å². The molecule has 1 aromatic carbocycles. The number of carboxylic acids is 1. The average Bonchev–Trinajstić information content (AvgIpc) is 2.69. The van der Waals surface area contributed by atoms with Gasteiger partial charge in [-0.1, -0.05) is 13.3 Å². The number of fused-ring (bicyclic) bond motifs is 2. The fourth-order valence-corrected chi connectivity index (χ4v) is 3.27. The molecular formula is C16H16FNO4. The van der Waals surface area contributed by atoms with Crippen LogP contribution in [0.2, 0.25) is 0 Å². The van der Waals surface area contributed by atoms with Crippen molar-refractivity contribution in [3.05, 3.63) is 29.1 Å². The van der Waals surface area contributed by atoms with Gasteiger partial charge in [-0.3, -0.25) is 14.4 Å². The van der Waals surface area contributed by atoms with Crippen LogP contribution in [0.1, 0.15) is 48.5 Å². The summed E-state index contributed by atoms with van der Waals surface area (Å²) in [4.78, 5) is 35.1. The lowest BCUT2D eigenvalue weighted by atomic mass is 9.65. The number of anilines is 1. The molecule has 6 heteroatoms. The molecule has 1 aliphatic heterocycles. The quantitative estimate of drug-likeness (QED) is 0.837. The maximum atomic E-state index is 14.2. The van der Waals surface area contributed by atoms with Crippen LogP contribution >= 0.6 is 0 Å². The Hall–Kier alpha value is -2.24. The highest BCUT2D eigenvalue weighted by atomic mass is 19.1. The maximum Gasteiger partial charge on any atom is 0.304 e. The summed E-state index contributed by atoms with van der Waals surface area (Å²) in [5.41, 5.74) is 0.122. The molecule has 5 nitrogen and oxygen atoms in total. The Morgan fingerprint density at radius 2 is 2.09 bits per heavy atom. The highest BCUT2D eigenvalue weighted by Crippen LogP contribution is 2.52. The fourth-order valence-electron chi connectivity index (χ4n) is 3.27. The van der Waals surface area contributed by atoms with E-state index in [9.17, 15) is 18.8 Å². The molecule has 1 spiro atoms. The van der Waals surface area contributed by atoms with Gasteiger partial charge in [0.2, 0.25) is 5.91 Å². The molecule has 0 radical (unpaired) electrons. The van der Waals surface area contributed by atoms with Gasteiger partial charge >= 0.3 is 5.97 Å². The van der Waals surface area contributed by atoms with Crippen molar-refractivity contribution in [2.24, 2.45) is 5.92 Å². The van der Waals surface area contributed by atoms with Gasteiger partial charge in [0.25, 0.3) is 0 Å². The summed E-state index contributed by atoms with van der Waals surface area (Å²) in [6, 6.07) is 2.63. The molecule has 22 heavy (non-hydrogen) atoms. The van der Waals surface area contributed by atoms with Crippen LogP contribution in [0.3, 0.4) is 0 Å². The van der Waals surface area contributed by atoms with Crippen LogP contribution in [0.15, 0.2) is 12.1 Å². The number of hydrogen-bond donors (Lipinski definition) is 2. The number of rotatable bonds is 4. The van der Waals surface area contributed by atoms with E-state index in [-0.39, 0.29) is 23.6 Å². The molecule has 1 atom stereocenters. The van der Waals surface area contributed by atoms with Crippen LogP contribution in [-0.2, 0) is 15.0 Å². The van der Waals surface area contributed by atoms with Crippen molar-refractivity contribution in [2.45, 2.75) is 38.0 Å². The number of carbonyl (C=O) groups excluding carboxylic acids is 2. The zero-order valence-corrected chi connectivity index (χ0v) is 12.1. The minimum Gasteiger partial charge on any atom is -0.481 e. The van der Waals surface area contributed by atoms with E-state index >= 15 is 0 Å². The van der Waals surface area contributed by atoms with Crippen LogP contribution in [0.5, 0.6) is 0 Å². The van der Waals surface area contributed by atoms with Crippen LogP contribution in [-0.4, -0.2) is 22.8 Å². The van der Waals surface area contributed by atoms with Crippen molar-refractivity contribution in [1.82, 2.24) is 0 Å². The molecule has 1 heterocycles. The smallest absolute Gasteiger partial charge is 0.304 e. The lowest BCUT2D eigenvalue weighted by molar-refractivity contribution is -0.137. The number of carbonyl (C=O) groups is 3. The number of nitrogens with one attached hydrogen (secondary N) is 1. The molecule has 0 saturated heterocycles. The zero-order valence-electron chi connectivity index (χ0n) is 12.1. The van der Waals surface area contributed by atoms with Crippen molar-refractivity contribution < 1.29 is 23.9 Å². The number of halogens is 1. The van der Waals surface area contributed by atoms with Crippen molar-refractivity contribution in [1.29, 1.82) is 0 Å². The summed E-state index contributed by atoms with van der Waals surface area (Å²) >= 11 is 0. The number of amides is 1. The topological polar surface area (TPSA) is 83.5 Å². The second kappa shape index (κ2) is 4.90. The number of benzene rings is 1. The van der Waals surface area contributed by atoms with Gasteiger partial charge < -0.3 is 10.4 Å². The number of Topliss-reactive ketones (excluding diaryl/α,β-unsaturated/α-hetero) is 1. The molecule has 2 aliphatic rings. The van der Waals surface area contributed by atoms with E-state index in [0.717, 1.165) is 12.5 Å². The summed E-state index contributed by atoms with van der Waals surface area (Å²) in [7, 11) is 0. The highest BCUT2D eigenvalue weighted by Gasteiger charge is 2.52. The predicted molar refractivity (Wildman–Crippen MR) is 76.3 cm³/mol. The minimum absolute atomic E-state index is 0.132. The molecule has 1 amide bonds. The van der Waals surface area contributed by atoms with Gasteiger partial charge in [-0.05, 0) is 30.5 Å². The second-order valence-electron chi connectivity index (χ2n) is 6.13. The van der Waals surface area contributed by atoms with Crippen molar-refractivity contribution in [3.63, 3.8) is 0 Å². The van der Waals surface area contributed by atoms with Gasteiger partial charge in [-0.2, -0.15) is 0 Å². The largest absolute Gasteiger partial charge is 0.481 e. The predicted octanol–water partition coefficient (Wildman–Crippen LogP) is 2.49. The van der Waals surface area contributed by atoms with Gasteiger partial charge in [0.05, 0.1) is 17.5 Å². The molecule has 2 N–H and O–H groups in total. The van der Waals surface area contributed by atoms with E-state index in [1.54, 1.807) is 6.07 Å². The molecule has 1 saturated carbocycles. The van der Waals surface area contributed by atoms with E-state index < -0.39 is 28.9 Å². The zero-order chi connectivity index (χ0) is 16.1. The SMILES string of the molecule is CC(CC(=O)O)C(=O)c1cc(F)c2c(c1)C1(CCC1)C(=O)N2. The summed E-state index contributed by atoms with van der Waals surface area (Å²) in [6.45, 7) is 1.50. The lowest BCUT2D eigenvalue weighted by Gasteiger charge is -2.36. The van der Waals surface area contributed by atoms with Gasteiger partial charge in [0.1, 0.15) is 5.82 Å². The number of aliphatic carboxylic acids is 1. The van der Waals surface area contributed by atoms with E-state index in [4.69, 9.17) is 5.11 Å². The molecule has 3 rings (SSSR count). The number of ketones is 1. The first-order valence-electron chi connectivity index (χ1n) is 7.26. The van der Waals surface area contributed by atoms with Gasteiger partial charge in [0.15, 0.2) is 5.78 Å². The first kappa shape index (κ1) is 14.7. The number of carboxylic acid groups (broad SMARTS) is 1. The van der Waals surface area contributed by atoms with E-state index in [2.05, 4.69) is 5.32 Å². The summed E-state index contributed by atoms with van der Waals surface area (Å²) < 4.78 is 14.2. The molecule has 0 bridgehead atoms. The Morgan fingerprint density at radius 3 is 2.64 bits per heavy atom. The first-order valence-corrected chi connectivity index (χ1v) is 7.26. The molecule has 1 unspecified atom stereocenters. The molecule has 1 aromatic rings. The summed E-state index contributed by atoms with van der Waals surface area (Å²) in [6.07, 6.45) is 1.88.